The molecule has 0 bridgehead atoms. The van der Waals surface area contributed by atoms with Gasteiger partial charge in [0.25, 0.3) is 0 Å². The Kier molecular flexibility index (Phi) is 6.66. The van der Waals surface area contributed by atoms with Gasteiger partial charge in [-0.3, -0.25) is 5.84 Å². The third-order valence-electron chi connectivity index (χ3n) is 4.23. The topological polar surface area (TPSA) is 120 Å². The van der Waals surface area contributed by atoms with E-state index in [1.54, 1.807) is 6.07 Å². The number of carboxylic acid groups (broad SMARTS) is 1. The Morgan fingerprint density at radius 1 is 1.26 bits per heavy atom. The van der Waals surface area contributed by atoms with Crippen molar-refractivity contribution in [3.8, 4) is 5.75 Å². The molecule has 1 aromatic rings. The molecule has 1 aliphatic rings. The van der Waals surface area contributed by atoms with Crippen LogP contribution < -0.4 is 21.7 Å². The molecule has 0 saturated heterocycles. The Bertz CT molecular complexity index is 719. The molecule has 0 heterocycles. The van der Waals surface area contributed by atoms with Gasteiger partial charge < -0.3 is 25.7 Å². The van der Waals surface area contributed by atoms with Crippen LogP contribution in [0.1, 0.15) is 37.2 Å². The standard InChI is InChI=1S/C16H19ClF3N3O4/c17-11-7-9(3-6-12(11)27-16(18,19)20)8-1-4-10(5-2-8)26-14(21)13(23-22)15(24)25/h3,6-8,10,23H,1-2,4-5,21-22H2,(H,24,25)/b14-13+. The Labute approximate surface area is 158 Å². The van der Waals surface area contributed by atoms with E-state index in [0.29, 0.717) is 25.7 Å². The number of halogens is 4. The highest BCUT2D eigenvalue weighted by atomic mass is 35.5. The van der Waals surface area contributed by atoms with E-state index in [9.17, 15) is 18.0 Å². The molecule has 0 aromatic heterocycles. The molecule has 2 rings (SSSR count). The summed E-state index contributed by atoms with van der Waals surface area (Å²) in [7, 11) is 0. The van der Waals surface area contributed by atoms with Crippen molar-refractivity contribution in [2.75, 3.05) is 0 Å². The molecule has 27 heavy (non-hydrogen) atoms. The van der Waals surface area contributed by atoms with E-state index in [1.165, 1.54) is 12.1 Å². The van der Waals surface area contributed by atoms with Gasteiger partial charge in [-0.15, -0.1) is 13.2 Å². The minimum atomic E-state index is -4.80. The number of aliphatic carboxylic acids is 1. The number of carbonyl (C=O) groups is 1. The fourth-order valence-electron chi connectivity index (χ4n) is 2.97. The van der Waals surface area contributed by atoms with E-state index in [1.807, 2.05) is 5.43 Å². The number of hydrogen-bond acceptors (Lipinski definition) is 6. The summed E-state index contributed by atoms with van der Waals surface area (Å²) < 4.78 is 46.2. The van der Waals surface area contributed by atoms with Crippen molar-refractivity contribution >= 4 is 17.6 Å². The summed E-state index contributed by atoms with van der Waals surface area (Å²) >= 11 is 5.89. The van der Waals surface area contributed by atoms with E-state index in [2.05, 4.69) is 4.74 Å². The number of benzene rings is 1. The van der Waals surface area contributed by atoms with Crippen molar-refractivity contribution in [1.82, 2.24) is 5.43 Å². The summed E-state index contributed by atoms with van der Waals surface area (Å²) in [5, 5.41) is 8.81. The van der Waals surface area contributed by atoms with Gasteiger partial charge in [0.15, 0.2) is 5.70 Å². The molecule has 7 nitrogen and oxygen atoms in total. The zero-order valence-corrected chi connectivity index (χ0v) is 14.8. The zero-order chi connectivity index (χ0) is 20.2. The Balaban J connectivity index is 1.98. The predicted octanol–water partition coefficient (Wildman–Crippen LogP) is 2.96. The maximum absolute atomic E-state index is 12.3. The third kappa shape index (κ3) is 5.83. The lowest BCUT2D eigenvalue weighted by Gasteiger charge is -2.29. The summed E-state index contributed by atoms with van der Waals surface area (Å²) in [5.41, 5.74) is 7.95. The molecular formula is C16H19ClF3N3O4. The second-order valence-corrected chi connectivity index (χ2v) is 6.43. The molecule has 150 valence electrons. The third-order valence-corrected chi connectivity index (χ3v) is 4.52. The molecule has 6 N–H and O–H groups in total. The van der Waals surface area contributed by atoms with E-state index in [4.69, 9.17) is 33.0 Å². The van der Waals surface area contributed by atoms with Crippen LogP contribution in [0.3, 0.4) is 0 Å². The quantitative estimate of drug-likeness (QED) is 0.247. The number of nitrogens with one attached hydrogen (secondary N) is 1. The highest BCUT2D eigenvalue weighted by Crippen LogP contribution is 2.38. The van der Waals surface area contributed by atoms with Crippen LogP contribution >= 0.6 is 11.6 Å². The van der Waals surface area contributed by atoms with E-state index in [0.717, 1.165) is 5.56 Å². The summed E-state index contributed by atoms with van der Waals surface area (Å²) in [6.07, 6.45) is -2.57. The van der Waals surface area contributed by atoms with Gasteiger partial charge in [0.1, 0.15) is 11.9 Å². The first kappa shape index (κ1) is 21.0. The van der Waals surface area contributed by atoms with E-state index < -0.39 is 23.8 Å². The molecule has 11 heteroatoms. The first-order valence-electron chi connectivity index (χ1n) is 8.02. The van der Waals surface area contributed by atoms with Crippen molar-refractivity contribution in [2.45, 2.75) is 44.1 Å². The van der Waals surface area contributed by atoms with Crippen LogP contribution in [-0.2, 0) is 9.53 Å². The van der Waals surface area contributed by atoms with Gasteiger partial charge in [-0.1, -0.05) is 17.7 Å². The highest BCUT2D eigenvalue weighted by molar-refractivity contribution is 6.32. The number of rotatable bonds is 6. The average Bonchev–Trinajstić information content (AvgIpc) is 2.56. The van der Waals surface area contributed by atoms with Crippen LogP contribution in [0, 0.1) is 0 Å². The van der Waals surface area contributed by atoms with Crippen LogP contribution in [-0.4, -0.2) is 23.5 Å². The minimum Gasteiger partial charge on any atom is -0.476 e. The first-order chi connectivity index (χ1) is 12.6. The second kappa shape index (κ2) is 8.57. The van der Waals surface area contributed by atoms with Crippen LogP contribution in [0.25, 0.3) is 0 Å². The van der Waals surface area contributed by atoms with Crippen molar-refractivity contribution < 1.29 is 32.5 Å². The highest BCUT2D eigenvalue weighted by Gasteiger charge is 2.32. The van der Waals surface area contributed by atoms with Crippen LogP contribution in [0.4, 0.5) is 13.2 Å². The summed E-state index contributed by atoms with van der Waals surface area (Å²) in [4.78, 5) is 10.9. The fraction of sp³-hybridized carbons (Fsp3) is 0.438. The van der Waals surface area contributed by atoms with Crippen molar-refractivity contribution in [1.29, 1.82) is 0 Å². The normalized spacial score (nSPS) is 21.2. The molecule has 0 atom stereocenters. The molecule has 1 aromatic carbocycles. The Hall–Kier alpha value is -2.33. The van der Waals surface area contributed by atoms with Crippen molar-refractivity contribution in [3.05, 3.63) is 40.4 Å². The molecule has 0 radical (unpaired) electrons. The largest absolute Gasteiger partial charge is 0.573 e. The SMILES string of the molecule is NN/C(C(=O)O)=C(\N)OC1CCC(c2ccc(OC(F)(F)F)c(Cl)c2)CC1. The molecular weight excluding hydrogens is 391 g/mol. The second-order valence-electron chi connectivity index (χ2n) is 6.02. The number of ether oxygens (including phenoxy) is 2. The number of nitrogens with two attached hydrogens (primary N) is 2. The Morgan fingerprint density at radius 2 is 1.89 bits per heavy atom. The molecule has 0 spiro atoms. The van der Waals surface area contributed by atoms with Crippen LogP contribution in [0.5, 0.6) is 5.75 Å². The van der Waals surface area contributed by atoms with Gasteiger partial charge >= 0.3 is 12.3 Å². The molecule has 1 aliphatic carbocycles. The average molecular weight is 410 g/mol. The van der Waals surface area contributed by atoms with Crippen molar-refractivity contribution in [2.24, 2.45) is 11.6 Å². The van der Waals surface area contributed by atoms with Gasteiger partial charge in [-0.25, -0.2) is 4.79 Å². The monoisotopic (exact) mass is 409 g/mol. The van der Waals surface area contributed by atoms with Gasteiger partial charge in [-0.05, 0) is 49.3 Å². The smallest absolute Gasteiger partial charge is 0.476 e. The molecule has 0 aliphatic heterocycles. The molecule has 0 unspecified atom stereocenters. The van der Waals surface area contributed by atoms with E-state index in [-0.39, 0.29) is 22.9 Å². The van der Waals surface area contributed by atoms with Crippen LogP contribution in [0.15, 0.2) is 29.8 Å². The lowest BCUT2D eigenvalue weighted by molar-refractivity contribution is -0.274. The number of alkyl halides is 3. The fourth-order valence-corrected chi connectivity index (χ4v) is 3.20. The molecule has 0 amide bonds. The zero-order valence-electron chi connectivity index (χ0n) is 14.1. The van der Waals surface area contributed by atoms with Gasteiger partial charge in [0.2, 0.25) is 5.88 Å². The number of carboxylic acids is 1. The first-order valence-corrected chi connectivity index (χ1v) is 8.40. The summed E-state index contributed by atoms with van der Waals surface area (Å²) in [6, 6.07) is 4.21. The maximum Gasteiger partial charge on any atom is 0.573 e. The van der Waals surface area contributed by atoms with Gasteiger partial charge in [0, 0.05) is 0 Å². The van der Waals surface area contributed by atoms with Gasteiger partial charge in [0.05, 0.1) is 5.02 Å². The minimum absolute atomic E-state index is 0.0825. The lowest BCUT2D eigenvalue weighted by atomic mass is 9.83. The van der Waals surface area contributed by atoms with E-state index >= 15 is 0 Å². The maximum atomic E-state index is 12.3. The molecule has 1 saturated carbocycles. The number of hydrazine groups is 1. The predicted molar refractivity (Wildman–Crippen MR) is 90.4 cm³/mol. The number of hydrogen-bond donors (Lipinski definition) is 4. The van der Waals surface area contributed by atoms with Gasteiger partial charge in [-0.2, -0.15) is 0 Å². The lowest BCUT2D eigenvalue weighted by Crippen LogP contribution is -2.32. The van der Waals surface area contributed by atoms with Crippen molar-refractivity contribution in [3.63, 3.8) is 0 Å². The Morgan fingerprint density at radius 3 is 2.37 bits per heavy atom. The van der Waals surface area contributed by atoms with Crippen LogP contribution in [0.2, 0.25) is 5.02 Å². The summed E-state index contributed by atoms with van der Waals surface area (Å²) in [6.45, 7) is 0. The summed E-state index contributed by atoms with van der Waals surface area (Å²) in [5.74, 6) is 3.10. The molecule has 1 fully saturated rings.